The summed E-state index contributed by atoms with van der Waals surface area (Å²) in [5, 5.41) is 0. The van der Waals surface area contributed by atoms with Crippen molar-refractivity contribution in [1.82, 2.24) is 0 Å². The fraction of sp³-hybridized carbons (Fsp3) is 0.923. The molecular weight excluding hydrogens is 230 g/mol. The molecule has 1 aliphatic heterocycles. The van der Waals surface area contributed by atoms with Gasteiger partial charge in [-0.3, -0.25) is 0 Å². The van der Waals surface area contributed by atoms with Crippen LogP contribution in [-0.2, 0) is 9.47 Å². The van der Waals surface area contributed by atoms with Gasteiger partial charge in [-0.15, -0.1) is 13.2 Å². The lowest BCUT2D eigenvalue weighted by Gasteiger charge is -2.24. The molecule has 0 N–H and O–H groups in total. The predicted molar refractivity (Wildman–Crippen MR) is 76.8 cm³/mol. The first-order valence-corrected chi connectivity index (χ1v) is 9.52. The zero-order valence-corrected chi connectivity index (χ0v) is 12.4. The van der Waals surface area contributed by atoms with Crippen molar-refractivity contribution in [3.05, 3.63) is 0 Å². The lowest BCUT2D eigenvalue weighted by Crippen LogP contribution is -2.25. The zero-order valence-electron chi connectivity index (χ0n) is 11.5. The Balaban J connectivity index is 1.99. The van der Waals surface area contributed by atoms with E-state index in [1.165, 1.54) is 12.6 Å². The molecule has 2 nitrogen and oxygen atoms in total. The average molecular weight is 254 g/mol. The third kappa shape index (κ3) is 3.19. The van der Waals surface area contributed by atoms with Gasteiger partial charge in [0.25, 0.3) is 0 Å². The molecule has 0 spiro atoms. The highest BCUT2D eigenvalue weighted by atomic mass is 31.2. The minimum absolute atomic E-state index is 0.0984. The molecule has 1 saturated carbocycles. The standard InChI is InChI=1S/C13H24BO2P/c1-13(2)15-11-9(6-7-17(3,4)5)8-10(14)12(11)16-13/h9-12H,3,6-8H2,1-2,4-5H3. The molecule has 0 aromatic carbocycles. The molecule has 2 fully saturated rings. The average Bonchev–Trinajstić information content (AvgIpc) is 2.58. The summed E-state index contributed by atoms with van der Waals surface area (Å²) in [4.78, 5) is 0. The molecular formula is C13H24BO2P. The first kappa shape index (κ1) is 13.7. The van der Waals surface area contributed by atoms with Crippen LogP contribution in [0.5, 0.6) is 0 Å². The van der Waals surface area contributed by atoms with Crippen molar-refractivity contribution in [2.24, 2.45) is 5.92 Å². The lowest BCUT2D eigenvalue weighted by molar-refractivity contribution is -0.156. The van der Waals surface area contributed by atoms with Crippen LogP contribution in [0.2, 0.25) is 5.82 Å². The van der Waals surface area contributed by atoms with Crippen molar-refractivity contribution < 1.29 is 9.47 Å². The van der Waals surface area contributed by atoms with E-state index in [4.69, 9.17) is 17.3 Å². The van der Waals surface area contributed by atoms with Gasteiger partial charge in [0.15, 0.2) is 5.79 Å². The van der Waals surface area contributed by atoms with Gasteiger partial charge in [0, 0.05) is 0 Å². The molecule has 1 heterocycles. The van der Waals surface area contributed by atoms with E-state index in [1.807, 2.05) is 13.8 Å². The van der Waals surface area contributed by atoms with Crippen LogP contribution in [0.15, 0.2) is 0 Å². The minimum atomic E-state index is -0.944. The van der Waals surface area contributed by atoms with Crippen molar-refractivity contribution in [3.63, 3.8) is 0 Å². The topological polar surface area (TPSA) is 18.5 Å². The lowest BCUT2D eigenvalue weighted by atomic mass is 9.83. The Labute approximate surface area is 107 Å². The van der Waals surface area contributed by atoms with Crippen LogP contribution < -0.4 is 0 Å². The first-order chi connectivity index (χ1) is 7.68. The molecule has 4 heteroatoms. The van der Waals surface area contributed by atoms with Crippen LogP contribution >= 0.6 is 6.89 Å². The maximum absolute atomic E-state index is 6.16. The van der Waals surface area contributed by atoms with Crippen molar-refractivity contribution in [2.45, 2.75) is 50.5 Å². The van der Waals surface area contributed by atoms with Gasteiger partial charge in [-0.2, -0.15) is 0 Å². The van der Waals surface area contributed by atoms with E-state index >= 15 is 0 Å². The maximum atomic E-state index is 6.16. The Bertz CT molecular complexity index is 336. The van der Waals surface area contributed by atoms with E-state index in [0.29, 0.717) is 5.92 Å². The summed E-state index contributed by atoms with van der Waals surface area (Å²) in [5.74, 6) is 0.233. The Morgan fingerprint density at radius 2 is 1.88 bits per heavy atom. The van der Waals surface area contributed by atoms with Gasteiger partial charge in [-0.1, -0.05) is 6.42 Å². The molecule has 2 radical (unpaired) electrons. The number of hydrogen-bond acceptors (Lipinski definition) is 2. The fourth-order valence-electron chi connectivity index (χ4n) is 2.93. The van der Waals surface area contributed by atoms with E-state index in [9.17, 15) is 0 Å². The van der Waals surface area contributed by atoms with Gasteiger partial charge in [-0.25, -0.2) is 0 Å². The number of fused-ring (bicyclic) bond motifs is 1. The molecule has 0 amide bonds. The fourth-order valence-corrected chi connectivity index (χ4v) is 3.96. The summed E-state index contributed by atoms with van der Waals surface area (Å²) in [7, 11) is 6.16. The predicted octanol–water partition coefficient (Wildman–Crippen LogP) is 2.58. The highest BCUT2D eigenvalue weighted by Crippen LogP contribution is 2.49. The highest BCUT2D eigenvalue weighted by molar-refractivity contribution is 7.72. The summed E-state index contributed by atoms with van der Waals surface area (Å²) < 4.78 is 11.9. The Morgan fingerprint density at radius 3 is 2.47 bits per heavy atom. The van der Waals surface area contributed by atoms with Crippen molar-refractivity contribution in [2.75, 3.05) is 19.5 Å². The highest BCUT2D eigenvalue weighted by Gasteiger charge is 2.51. The molecule has 1 aliphatic carbocycles. The smallest absolute Gasteiger partial charge is 0.163 e. The second-order valence-corrected chi connectivity index (χ2v) is 11.0. The first-order valence-electron chi connectivity index (χ1n) is 6.46. The van der Waals surface area contributed by atoms with Gasteiger partial charge >= 0.3 is 0 Å². The number of rotatable bonds is 3. The second-order valence-electron chi connectivity index (χ2n) is 6.67. The van der Waals surface area contributed by atoms with E-state index in [1.54, 1.807) is 0 Å². The molecule has 0 aromatic heterocycles. The van der Waals surface area contributed by atoms with Gasteiger partial charge in [0.05, 0.1) is 20.1 Å². The summed E-state index contributed by atoms with van der Waals surface area (Å²) in [6.07, 6.45) is 8.00. The summed E-state index contributed by atoms with van der Waals surface area (Å²) >= 11 is 0. The third-order valence-electron chi connectivity index (χ3n) is 3.73. The van der Waals surface area contributed by atoms with E-state index < -0.39 is 12.7 Å². The summed E-state index contributed by atoms with van der Waals surface area (Å²) in [5.41, 5.74) is 0. The molecule has 96 valence electrons. The van der Waals surface area contributed by atoms with E-state index in [-0.39, 0.29) is 18.0 Å². The van der Waals surface area contributed by atoms with E-state index in [2.05, 4.69) is 19.6 Å². The quantitative estimate of drug-likeness (QED) is 0.569. The largest absolute Gasteiger partial charge is 0.345 e. The van der Waals surface area contributed by atoms with Gasteiger partial charge in [0.2, 0.25) is 0 Å². The Hall–Kier alpha value is 0.285. The number of ether oxygens (including phenoxy) is 2. The van der Waals surface area contributed by atoms with Crippen LogP contribution in [0.3, 0.4) is 0 Å². The Morgan fingerprint density at radius 1 is 1.29 bits per heavy atom. The van der Waals surface area contributed by atoms with Crippen LogP contribution in [0.4, 0.5) is 0 Å². The summed E-state index contributed by atoms with van der Waals surface area (Å²) in [6.45, 7) is 7.59. The van der Waals surface area contributed by atoms with E-state index in [0.717, 1.165) is 6.42 Å². The SMILES string of the molecule is [B]C1CC(CCP(=C)(C)C)C2OC(C)(C)OC12. The van der Waals surface area contributed by atoms with Gasteiger partial charge in [0.1, 0.15) is 0 Å². The third-order valence-corrected chi connectivity index (χ3v) is 5.20. The van der Waals surface area contributed by atoms with Crippen LogP contribution in [0.25, 0.3) is 0 Å². The number of hydrogen-bond donors (Lipinski definition) is 0. The second kappa shape index (κ2) is 4.44. The van der Waals surface area contributed by atoms with Crippen LogP contribution in [0, 0.1) is 5.92 Å². The molecule has 1 saturated heterocycles. The molecule has 17 heavy (non-hydrogen) atoms. The van der Waals surface area contributed by atoms with Crippen LogP contribution in [-0.4, -0.2) is 51.6 Å². The van der Waals surface area contributed by atoms with Crippen molar-refractivity contribution in [1.29, 1.82) is 0 Å². The van der Waals surface area contributed by atoms with Gasteiger partial charge in [-0.05, 0) is 51.5 Å². The molecule has 2 aliphatic rings. The molecule has 0 bridgehead atoms. The zero-order chi connectivity index (χ0) is 12.8. The molecule has 0 aromatic rings. The Kier molecular flexibility index (Phi) is 3.58. The van der Waals surface area contributed by atoms with Crippen LogP contribution in [0.1, 0.15) is 26.7 Å². The molecule has 2 rings (SSSR count). The monoisotopic (exact) mass is 254 g/mol. The summed E-state index contributed by atoms with van der Waals surface area (Å²) in [6, 6.07) is 0. The minimum Gasteiger partial charge on any atom is -0.345 e. The maximum Gasteiger partial charge on any atom is 0.163 e. The van der Waals surface area contributed by atoms with Crippen molar-refractivity contribution in [3.8, 4) is 0 Å². The normalized spacial score (nSPS) is 40.5. The van der Waals surface area contributed by atoms with Crippen molar-refractivity contribution >= 4 is 21.0 Å². The molecule has 4 unspecified atom stereocenters. The van der Waals surface area contributed by atoms with Gasteiger partial charge < -0.3 is 9.47 Å². The molecule has 4 atom stereocenters.